The van der Waals surface area contributed by atoms with Crippen molar-refractivity contribution in [2.75, 3.05) is 20.2 Å². The lowest BCUT2D eigenvalue weighted by molar-refractivity contribution is -0.120. The molecule has 1 aromatic carbocycles. The van der Waals surface area contributed by atoms with Gasteiger partial charge in [0.1, 0.15) is 5.75 Å². The fourth-order valence-electron chi connectivity index (χ4n) is 2.00. The van der Waals surface area contributed by atoms with E-state index in [0.717, 1.165) is 24.2 Å². The fraction of sp³-hybridized carbons (Fsp3) is 0.500. The number of hydrogen-bond acceptors (Lipinski definition) is 3. The van der Waals surface area contributed by atoms with Crippen LogP contribution < -0.4 is 15.8 Å². The van der Waals surface area contributed by atoms with Crippen LogP contribution in [0.15, 0.2) is 24.3 Å². The Morgan fingerprint density at radius 2 is 2.17 bits per heavy atom. The molecule has 1 aliphatic carbocycles. The van der Waals surface area contributed by atoms with Crippen molar-refractivity contribution < 1.29 is 9.53 Å². The van der Waals surface area contributed by atoms with Crippen LogP contribution in [0.1, 0.15) is 18.4 Å². The van der Waals surface area contributed by atoms with E-state index in [9.17, 15) is 4.79 Å². The molecule has 0 aliphatic heterocycles. The van der Waals surface area contributed by atoms with Crippen molar-refractivity contribution >= 4 is 5.91 Å². The second-order valence-corrected chi connectivity index (χ2v) is 4.97. The minimum Gasteiger partial charge on any atom is -0.496 e. The molecule has 0 atom stereocenters. The molecule has 0 heterocycles. The third-order valence-electron chi connectivity index (χ3n) is 3.59. The predicted molar refractivity (Wildman–Crippen MR) is 70.4 cm³/mol. The molecule has 98 valence electrons. The predicted octanol–water partition coefficient (Wildman–Crippen LogP) is 1.09. The van der Waals surface area contributed by atoms with Crippen LogP contribution in [0.3, 0.4) is 0 Å². The summed E-state index contributed by atoms with van der Waals surface area (Å²) < 4.78 is 5.23. The van der Waals surface area contributed by atoms with E-state index < -0.39 is 0 Å². The molecule has 1 aromatic rings. The van der Waals surface area contributed by atoms with Gasteiger partial charge in [-0.2, -0.15) is 0 Å². The van der Waals surface area contributed by atoms with E-state index in [4.69, 9.17) is 10.5 Å². The fourth-order valence-corrected chi connectivity index (χ4v) is 2.00. The molecule has 4 nitrogen and oxygen atoms in total. The number of hydrogen-bond donors (Lipinski definition) is 2. The Bertz CT molecular complexity index is 428. The Balaban J connectivity index is 1.87. The van der Waals surface area contributed by atoms with E-state index in [1.807, 2.05) is 24.3 Å². The zero-order chi connectivity index (χ0) is 13.0. The lowest BCUT2D eigenvalue weighted by atomic mass is 10.1. The first-order valence-corrected chi connectivity index (χ1v) is 6.28. The highest BCUT2D eigenvalue weighted by atomic mass is 16.5. The van der Waals surface area contributed by atoms with E-state index in [0.29, 0.717) is 19.5 Å². The van der Waals surface area contributed by atoms with Crippen LogP contribution in [0.4, 0.5) is 0 Å². The van der Waals surface area contributed by atoms with Gasteiger partial charge in [-0.3, -0.25) is 4.79 Å². The van der Waals surface area contributed by atoms with E-state index in [-0.39, 0.29) is 11.3 Å². The molecule has 0 aromatic heterocycles. The topological polar surface area (TPSA) is 64.3 Å². The minimum absolute atomic E-state index is 0.0271. The molecule has 4 heteroatoms. The number of ether oxygens (including phenoxy) is 1. The first-order chi connectivity index (χ1) is 8.69. The average molecular weight is 248 g/mol. The van der Waals surface area contributed by atoms with Crippen molar-refractivity contribution in [3.63, 3.8) is 0 Å². The molecular weight excluding hydrogens is 228 g/mol. The molecule has 3 N–H and O–H groups in total. The van der Waals surface area contributed by atoms with Crippen molar-refractivity contribution in [2.45, 2.75) is 19.3 Å². The monoisotopic (exact) mass is 248 g/mol. The van der Waals surface area contributed by atoms with Gasteiger partial charge in [0.25, 0.3) is 0 Å². The third-order valence-corrected chi connectivity index (χ3v) is 3.59. The van der Waals surface area contributed by atoms with Crippen molar-refractivity contribution in [2.24, 2.45) is 11.1 Å². The van der Waals surface area contributed by atoms with Crippen molar-refractivity contribution in [1.29, 1.82) is 0 Å². The Kier molecular flexibility index (Phi) is 3.87. The zero-order valence-corrected chi connectivity index (χ0v) is 10.7. The van der Waals surface area contributed by atoms with Gasteiger partial charge in [-0.15, -0.1) is 0 Å². The Morgan fingerprint density at radius 3 is 2.78 bits per heavy atom. The molecule has 0 bridgehead atoms. The molecular formula is C14H20N2O2. The summed E-state index contributed by atoms with van der Waals surface area (Å²) in [7, 11) is 1.62. The zero-order valence-electron chi connectivity index (χ0n) is 10.7. The molecule has 0 spiro atoms. The summed E-state index contributed by atoms with van der Waals surface area (Å²) in [6.07, 6.45) is 2.60. The number of carbonyl (C=O) groups is 1. The van der Waals surface area contributed by atoms with Crippen molar-refractivity contribution in [1.82, 2.24) is 5.32 Å². The van der Waals surface area contributed by atoms with Crippen LogP contribution >= 0.6 is 0 Å². The van der Waals surface area contributed by atoms with Gasteiger partial charge in [0.2, 0.25) is 5.91 Å². The van der Waals surface area contributed by atoms with Crippen LogP contribution in [0, 0.1) is 5.41 Å². The Labute approximate surface area is 108 Å². The lowest BCUT2D eigenvalue weighted by Crippen LogP contribution is -2.34. The maximum absolute atomic E-state index is 11.9. The highest BCUT2D eigenvalue weighted by molar-refractivity contribution is 5.79. The summed E-state index contributed by atoms with van der Waals surface area (Å²) in [6.45, 7) is 1.35. The summed E-state index contributed by atoms with van der Waals surface area (Å²) in [6, 6.07) is 7.58. The molecule has 18 heavy (non-hydrogen) atoms. The summed E-state index contributed by atoms with van der Waals surface area (Å²) in [5, 5.41) is 2.96. The number of rotatable bonds is 6. The number of para-hydroxylation sites is 1. The second kappa shape index (κ2) is 5.40. The Hall–Kier alpha value is -1.55. The van der Waals surface area contributed by atoms with Gasteiger partial charge >= 0.3 is 0 Å². The maximum atomic E-state index is 11.9. The first-order valence-electron chi connectivity index (χ1n) is 6.28. The minimum atomic E-state index is 0.0271. The van der Waals surface area contributed by atoms with Gasteiger partial charge in [0, 0.05) is 12.1 Å². The highest BCUT2D eigenvalue weighted by Crippen LogP contribution is 2.43. The molecule has 1 saturated carbocycles. The van der Waals surface area contributed by atoms with Crippen LogP contribution in [0.2, 0.25) is 0 Å². The highest BCUT2D eigenvalue weighted by Gasteiger charge is 2.41. The first kappa shape index (κ1) is 12.9. The summed E-state index contributed by atoms with van der Waals surface area (Å²) in [4.78, 5) is 11.9. The van der Waals surface area contributed by atoms with Gasteiger partial charge in [-0.25, -0.2) is 0 Å². The quantitative estimate of drug-likeness (QED) is 0.792. The number of amides is 1. The van der Waals surface area contributed by atoms with Gasteiger partial charge in [-0.1, -0.05) is 18.2 Å². The summed E-state index contributed by atoms with van der Waals surface area (Å²) in [5.41, 5.74) is 6.77. The number of nitrogens with one attached hydrogen (secondary N) is 1. The van der Waals surface area contributed by atoms with Gasteiger partial charge in [0.05, 0.1) is 13.5 Å². The second-order valence-electron chi connectivity index (χ2n) is 4.97. The van der Waals surface area contributed by atoms with E-state index in [1.165, 1.54) is 0 Å². The molecule has 0 unspecified atom stereocenters. The summed E-state index contributed by atoms with van der Waals surface area (Å²) in [5.74, 6) is 0.784. The molecule has 1 aliphatic rings. The lowest BCUT2D eigenvalue weighted by Gasteiger charge is -2.14. The van der Waals surface area contributed by atoms with Gasteiger partial charge in [0.15, 0.2) is 0 Å². The summed E-state index contributed by atoms with van der Waals surface area (Å²) >= 11 is 0. The Morgan fingerprint density at radius 1 is 1.44 bits per heavy atom. The molecule has 1 amide bonds. The smallest absolute Gasteiger partial charge is 0.224 e. The average Bonchev–Trinajstić information content (AvgIpc) is 3.18. The number of benzene rings is 1. The molecule has 0 saturated heterocycles. The maximum Gasteiger partial charge on any atom is 0.224 e. The molecule has 0 radical (unpaired) electrons. The van der Waals surface area contributed by atoms with Crippen molar-refractivity contribution in [3.05, 3.63) is 29.8 Å². The van der Waals surface area contributed by atoms with Crippen LogP contribution in [-0.2, 0) is 11.2 Å². The van der Waals surface area contributed by atoms with Crippen LogP contribution in [-0.4, -0.2) is 26.1 Å². The number of methoxy groups -OCH3 is 1. The van der Waals surface area contributed by atoms with E-state index in [1.54, 1.807) is 7.11 Å². The van der Waals surface area contributed by atoms with Crippen molar-refractivity contribution in [3.8, 4) is 5.75 Å². The number of carbonyl (C=O) groups excluding carboxylic acids is 1. The largest absolute Gasteiger partial charge is 0.496 e. The third kappa shape index (κ3) is 3.01. The molecule has 2 rings (SSSR count). The number of nitrogens with two attached hydrogens (primary N) is 1. The van der Waals surface area contributed by atoms with Crippen LogP contribution in [0.25, 0.3) is 0 Å². The SMILES string of the molecule is COc1ccccc1CC(=O)NCC1(CN)CC1. The standard InChI is InChI=1S/C14H20N2O2/c1-18-12-5-3-2-4-11(12)8-13(17)16-10-14(9-15)6-7-14/h2-5H,6-10,15H2,1H3,(H,16,17). The van der Waals surface area contributed by atoms with Gasteiger partial charge in [-0.05, 0) is 30.9 Å². The normalized spacial score (nSPS) is 16.1. The van der Waals surface area contributed by atoms with Gasteiger partial charge < -0.3 is 15.8 Å². The van der Waals surface area contributed by atoms with Crippen LogP contribution in [0.5, 0.6) is 5.75 Å². The van der Waals surface area contributed by atoms with E-state index >= 15 is 0 Å². The molecule has 1 fully saturated rings. The van der Waals surface area contributed by atoms with E-state index in [2.05, 4.69) is 5.32 Å².